The second-order valence-electron chi connectivity index (χ2n) is 4.25. The van der Waals surface area contributed by atoms with Gasteiger partial charge in [-0.2, -0.15) is 4.39 Å². The number of halogens is 1. The molecule has 3 nitrogen and oxygen atoms in total. The first-order valence-electron chi connectivity index (χ1n) is 6.12. The Labute approximate surface area is 111 Å². The van der Waals surface area contributed by atoms with Crippen molar-refractivity contribution in [1.82, 2.24) is 4.98 Å². The summed E-state index contributed by atoms with van der Waals surface area (Å²) in [5.41, 5.74) is 2.34. The number of pyridine rings is 1. The number of nitrogens with zero attached hydrogens (tertiary/aromatic N) is 2. The van der Waals surface area contributed by atoms with Gasteiger partial charge < -0.3 is 4.90 Å². The van der Waals surface area contributed by atoms with Gasteiger partial charge in [0.25, 0.3) is 5.91 Å². The minimum Gasteiger partial charge on any atom is -0.309 e. The smallest absolute Gasteiger partial charge is 0.259 e. The maximum absolute atomic E-state index is 12.8. The van der Waals surface area contributed by atoms with Crippen molar-refractivity contribution in [2.45, 2.75) is 13.8 Å². The van der Waals surface area contributed by atoms with Gasteiger partial charge >= 0.3 is 0 Å². The fraction of sp³-hybridized carbons (Fsp3) is 0.200. The van der Waals surface area contributed by atoms with E-state index in [-0.39, 0.29) is 5.91 Å². The molecule has 4 heteroatoms. The number of carbonyl (C=O) groups excluding carboxylic acids is 1. The Balaban J connectivity index is 2.29. The minimum absolute atomic E-state index is 0.182. The number of amides is 1. The molecule has 1 heterocycles. The van der Waals surface area contributed by atoms with E-state index >= 15 is 0 Å². The van der Waals surface area contributed by atoms with Gasteiger partial charge in [-0.1, -0.05) is 17.7 Å². The highest BCUT2D eigenvalue weighted by Gasteiger charge is 2.16. The van der Waals surface area contributed by atoms with E-state index in [0.717, 1.165) is 11.3 Å². The largest absolute Gasteiger partial charge is 0.309 e. The van der Waals surface area contributed by atoms with Gasteiger partial charge in [0.2, 0.25) is 5.95 Å². The Morgan fingerprint density at radius 2 is 1.89 bits per heavy atom. The maximum atomic E-state index is 12.8. The Hall–Kier alpha value is -2.23. The quantitative estimate of drug-likeness (QED) is 0.792. The molecule has 0 spiro atoms. The first-order chi connectivity index (χ1) is 9.11. The zero-order valence-electron chi connectivity index (χ0n) is 10.9. The lowest BCUT2D eigenvalue weighted by Crippen LogP contribution is -2.30. The van der Waals surface area contributed by atoms with Crippen LogP contribution in [0.2, 0.25) is 0 Å². The van der Waals surface area contributed by atoms with Crippen LogP contribution >= 0.6 is 0 Å². The highest BCUT2D eigenvalue weighted by Crippen LogP contribution is 2.17. The summed E-state index contributed by atoms with van der Waals surface area (Å²) >= 11 is 0. The van der Waals surface area contributed by atoms with Crippen molar-refractivity contribution in [2.75, 3.05) is 11.4 Å². The van der Waals surface area contributed by atoms with Gasteiger partial charge in [0.15, 0.2) is 0 Å². The highest BCUT2D eigenvalue weighted by atomic mass is 19.1. The third kappa shape index (κ3) is 2.96. The Morgan fingerprint density at radius 3 is 2.42 bits per heavy atom. The standard InChI is InChI=1S/C15H15FN2O/c1-3-18(13-7-4-11(2)5-8-13)15(19)12-6-9-14(16)17-10-12/h4-10H,3H2,1-2H3. The molecule has 1 amide bonds. The molecule has 0 saturated carbocycles. The average molecular weight is 258 g/mol. The van der Waals surface area contributed by atoms with E-state index in [1.165, 1.54) is 18.3 Å². The second-order valence-corrected chi connectivity index (χ2v) is 4.25. The molecular weight excluding hydrogens is 243 g/mol. The van der Waals surface area contributed by atoms with Crippen LogP contribution in [0.25, 0.3) is 0 Å². The van der Waals surface area contributed by atoms with E-state index in [1.807, 2.05) is 38.1 Å². The van der Waals surface area contributed by atoms with Crippen LogP contribution in [-0.4, -0.2) is 17.4 Å². The number of rotatable bonds is 3. The number of hydrogen-bond donors (Lipinski definition) is 0. The van der Waals surface area contributed by atoms with Crippen LogP contribution in [0.5, 0.6) is 0 Å². The topological polar surface area (TPSA) is 33.2 Å². The van der Waals surface area contributed by atoms with Crippen molar-refractivity contribution in [2.24, 2.45) is 0 Å². The molecule has 1 aromatic heterocycles. The Morgan fingerprint density at radius 1 is 1.21 bits per heavy atom. The molecule has 0 saturated heterocycles. The molecule has 0 bridgehead atoms. The van der Waals surface area contributed by atoms with Crippen molar-refractivity contribution in [3.8, 4) is 0 Å². The molecule has 0 fully saturated rings. The average Bonchev–Trinajstić information content (AvgIpc) is 2.42. The van der Waals surface area contributed by atoms with Gasteiger partial charge in [0, 0.05) is 18.4 Å². The second kappa shape index (κ2) is 5.61. The normalized spacial score (nSPS) is 10.3. The van der Waals surface area contributed by atoms with Crippen LogP contribution in [0.15, 0.2) is 42.6 Å². The zero-order chi connectivity index (χ0) is 13.8. The summed E-state index contributed by atoms with van der Waals surface area (Å²) in [5, 5.41) is 0. The number of benzene rings is 1. The number of hydrogen-bond acceptors (Lipinski definition) is 2. The number of carbonyl (C=O) groups is 1. The van der Waals surface area contributed by atoms with E-state index in [4.69, 9.17) is 0 Å². The van der Waals surface area contributed by atoms with E-state index in [0.29, 0.717) is 12.1 Å². The SMILES string of the molecule is CCN(C(=O)c1ccc(F)nc1)c1ccc(C)cc1. The van der Waals surface area contributed by atoms with Crippen LogP contribution in [0.3, 0.4) is 0 Å². The summed E-state index contributed by atoms with van der Waals surface area (Å²) in [4.78, 5) is 17.5. The highest BCUT2D eigenvalue weighted by molar-refractivity contribution is 6.05. The van der Waals surface area contributed by atoms with Gasteiger partial charge in [-0.25, -0.2) is 4.98 Å². The van der Waals surface area contributed by atoms with E-state index in [2.05, 4.69) is 4.98 Å². The minimum atomic E-state index is -0.588. The van der Waals surface area contributed by atoms with Crippen LogP contribution in [0.4, 0.5) is 10.1 Å². The molecule has 0 aliphatic carbocycles. The van der Waals surface area contributed by atoms with Crippen molar-refractivity contribution in [3.63, 3.8) is 0 Å². The van der Waals surface area contributed by atoms with Gasteiger partial charge in [-0.05, 0) is 38.1 Å². The molecule has 0 atom stereocenters. The number of anilines is 1. The van der Waals surface area contributed by atoms with Crippen LogP contribution < -0.4 is 4.90 Å². The summed E-state index contributed by atoms with van der Waals surface area (Å²) in [7, 11) is 0. The molecule has 0 aliphatic rings. The summed E-state index contributed by atoms with van der Waals surface area (Å²) in [6.07, 6.45) is 1.26. The van der Waals surface area contributed by atoms with Crippen LogP contribution in [0, 0.1) is 12.9 Å². The first kappa shape index (κ1) is 13.2. The molecule has 19 heavy (non-hydrogen) atoms. The molecule has 0 N–H and O–H groups in total. The fourth-order valence-corrected chi connectivity index (χ4v) is 1.83. The van der Waals surface area contributed by atoms with Crippen molar-refractivity contribution < 1.29 is 9.18 Å². The molecule has 1 aromatic carbocycles. The van der Waals surface area contributed by atoms with Gasteiger partial charge in [-0.3, -0.25) is 4.79 Å². The van der Waals surface area contributed by atoms with Crippen molar-refractivity contribution in [1.29, 1.82) is 0 Å². The molecule has 0 aliphatic heterocycles. The lowest BCUT2D eigenvalue weighted by molar-refractivity contribution is 0.0988. The molecule has 0 unspecified atom stereocenters. The molecule has 0 radical (unpaired) electrons. The Kier molecular flexibility index (Phi) is 3.90. The van der Waals surface area contributed by atoms with Crippen LogP contribution in [-0.2, 0) is 0 Å². The monoisotopic (exact) mass is 258 g/mol. The number of aryl methyl sites for hydroxylation is 1. The van der Waals surface area contributed by atoms with E-state index < -0.39 is 5.95 Å². The lowest BCUT2D eigenvalue weighted by atomic mass is 10.2. The molecule has 2 rings (SSSR count). The summed E-state index contributed by atoms with van der Waals surface area (Å²) in [5.74, 6) is -0.770. The fourth-order valence-electron chi connectivity index (χ4n) is 1.83. The maximum Gasteiger partial charge on any atom is 0.259 e. The summed E-state index contributed by atoms with van der Waals surface area (Å²) in [6.45, 7) is 4.43. The molecule has 98 valence electrons. The zero-order valence-corrected chi connectivity index (χ0v) is 10.9. The first-order valence-corrected chi connectivity index (χ1v) is 6.12. The third-order valence-electron chi connectivity index (χ3n) is 2.88. The van der Waals surface area contributed by atoms with Crippen molar-refractivity contribution >= 4 is 11.6 Å². The summed E-state index contributed by atoms with van der Waals surface area (Å²) in [6, 6.07) is 10.3. The lowest BCUT2D eigenvalue weighted by Gasteiger charge is -2.21. The van der Waals surface area contributed by atoms with Crippen LogP contribution in [0.1, 0.15) is 22.8 Å². The predicted molar refractivity (Wildman–Crippen MR) is 72.7 cm³/mol. The Bertz CT molecular complexity index is 564. The van der Waals surface area contributed by atoms with Gasteiger partial charge in [-0.15, -0.1) is 0 Å². The number of aromatic nitrogens is 1. The van der Waals surface area contributed by atoms with Gasteiger partial charge in [0.05, 0.1) is 5.56 Å². The van der Waals surface area contributed by atoms with E-state index in [1.54, 1.807) is 4.90 Å². The predicted octanol–water partition coefficient (Wildman–Crippen LogP) is 3.20. The van der Waals surface area contributed by atoms with E-state index in [9.17, 15) is 9.18 Å². The summed E-state index contributed by atoms with van der Waals surface area (Å²) < 4.78 is 12.8. The van der Waals surface area contributed by atoms with Crippen molar-refractivity contribution in [3.05, 3.63) is 59.7 Å². The van der Waals surface area contributed by atoms with Gasteiger partial charge in [0.1, 0.15) is 0 Å². The molecular formula is C15H15FN2O. The molecule has 2 aromatic rings. The third-order valence-corrected chi connectivity index (χ3v) is 2.88.